The molecule has 6 nitrogen and oxygen atoms in total. The number of imidazole rings is 1. The Hall–Kier alpha value is -1.08. The molecule has 0 amide bonds. The van der Waals surface area contributed by atoms with Crippen molar-refractivity contribution in [1.29, 1.82) is 0 Å². The van der Waals surface area contributed by atoms with E-state index in [1.54, 1.807) is 24.1 Å². The molecule has 0 unspecified atom stereocenters. The Balaban J connectivity index is 2.50. The molecular formula is C9H17N3O3S. The largest absolute Gasteiger partial charge is 0.383 e. The quantitative estimate of drug-likeness (QED) is 0.686. The Bertz CT molecular complexity index is 413. The van der Waals surface area contributed by atoms with Crippen molar-refractivity contribution in [2.24, 2.45) is 0 Å². The van der Waals surface area contributed by atoms with Crippen LogP contribution in [0.15, 0.2) is 12.4 Å². The molecule has 0 saturated carbocycles. The van der Waals surface area contributed by atoms with Crippen molar-refractivity contribution in [3.8, 4) is 0 Å². The fourth-order valence-corrected chi connectivity index (χ4v) is 1.71. The minimum absolute atomic E-state index is 0.113. The van der Waals surface area contributed by atoms with Crippen LogP contribution in [0.3, 0.4) is 0 Å². The molecule has 1 heterocycles. The summed E-state index contributed by atoms with van der Waals surface area (Å²) in [4.78, 5) is 4.09. The first kappa shape index (κ1) is 13.0. The zero-order valence-electron chi connectivity index (χ0n) is 9.51. The van der Waals surface area contributed by atoms with Crippen molar-refractivity contribution in [3.63, 3.8) is 0 Å². The molecule has 1 rings (SSSR count). The molecule has 0 spiro atoms. The smallest absolute Gasteiger partial charge is 0.202 e. The van der Waals surface area contributed by atoms with Crippen LogP contribution >= 0.6 is 0 Å². The molecule has 16 heavy (non-hydrogen) atoms. The minimum Gasteiger partial charge on any atom is -0.383 e. The molecule has 0 aromatic carbocycles. The molecule has 7 heteroatoms. The van der Waals surface area contributed by atoms with Gasteiger partial charge in [-0.3, -0.25) is 0 Å². The monoisotopic (exact) mass is 247 g/mol. The van der Waals surface area contributed by atoms with E-state index in [2.05, 4.69) is 10.3 Å². The molecular weight excluding hydrogens is 230 g/mol. The fourth-order valence-electron chi connectivity index (χ4n) is 1.19. The average Bonchev–Trinajstić information content (AvgIpc) is 2.62. The van der Waals surface area contributed by atoms with Gasteiger partial charge in [-0.25, -0.2) is 13.4 Å². The van der Waals surface area contributed by atoms with Crippen LogP contribution in [0.2, 0.25) is 0 Å². The molecule has 92 valence electrons. The number of anilines is 1. The zero-order valence-corrected chi connectivity index (χ0v) is 10.3. The summed E-state index contributed by atoms with van der Waals surface area (Å²) >= 11 is 0. The standard InChI is InChI=1S/C9H17N3O3S/c1-15-7-4-11-9-10-3-5-12(9)6-8-16(2,13)14/h3,5H,4,6-8H2,1-2H3,(H,10,11). The van der Waals surface area contributed by atoms with Crippen molar-refractivity contribution in [3.05, 3.63) is 12.4 Å². The summed E-state index contributed by atoms with van der Waals surface area (Å²) in [7, 11) is -1.32. The lowest BCUT2D eigenvalue weighted by Gasteiger charge is -2.08. The third-order valence-electron chi connectivity index (χ3n) is 2.01. The topological polar surface area (TPSA) is 73.2 Å². The lowest BCUT2D eigenvalue weighted by Crippen LogP contribution is -2.15. The van der Waals surface area contributed by atoms with Gasteiger partial charge in [0.15, 0.2) is 0 Å². The number of nitrogens with one attached hydrogen (secondary N) is 1. The Kier molecular flexibility index (Phi) is 4.75. The first-order chi connectivity index (χ1) is 7.53. The van der Waals surface area contributed by atoms with Crippen LogP contribution in [0, 0.1) is 0 Å². The third-order valence-corrected chi connectivity index (χ3v) is 2.93. The Labute approximate surface area is 95.5 Å². The molecule has 0 aliphatic heterocycles. The zero-order chi connectivity index (χ0) is 12.0. The highest BCUT2D eigenvalue weighted by molar-refractivity contribution is 7.90. The van der Waals surface area contributed by atoms with E-state index < -0.39 is 9.84 Å². The molecule has 0 aliphatic rings. The Morgan fingerprint density at radius 1 is 1.56 bits per heavy atom. The summed E-state index contributed by atoms with van der Waals surface area (Å²) in [6.07, 6.45) is 4.61. The van der Waals surface area contributed by atoms with E-state index in [1.807, 2.05) is 0 Å². The maximum Gasteiger partial charge on any atom is 0.202 e. The molecule has 0 bridgehead atoms. The number of aromatic nitrogens is 2. The van der Waals surface area contributed by atoms with E-state index in [0.29, 0.717) is 25.6 Å². The van der Waals surface area contributed by atoms with Crippen LogP contribution in [0.5, 0.6) is 0 Å². The van der Waals surface area contributed by atoms with Crippen LogP contribution in [0.25, 0.3) is 0 Å². The fraction of sp³-hybridized carbons (Fsp3) is 0.667. The van der Waals surface area contributed by atoms with Gasteiger partial charge in [-0.15, -0.1) is 0 Å². The highest BCUT2D eigenvalue weighted by Crippen LogP contribution is 2.04. The molecule has 1 aromatic heterocycles. The number of nitrogens with zero attached hydrogens (tertiary/aromatic N) is 2. The number of aryl methyl sites for hydroxylation is 1. The maximum absolute atomic E-state index is 11.0. The lowest BCUT2D eigenvalue weighted by atomic mass is 10.6. The number of sulfone groups is 1. The van der Waals surface area contributed by atoms with E-state index in [-0.39, 0.29) is 5.75 Å². The van der Waals surface area contributed by atoms with Crippen molar-refractivity contribution < 1.29 is 13.2 Å². The van der Waals surface area contributed by atoms with Gasteiger partial charge in [-0.1, -0.05) is 0 Å². The number of hydrogen-bond acceptors (Lipinski definition) is 5. The van der Waals surface area contributed by atoms with Gasteiger partial charge in [-0.05, 0) is 0 Å². The molecule has 0 fully saturated rings. The molecule has 0 atom stereocenters. The number of ether oxygens (including phenoxy) is 1. The lowest BCUT2D eigenvalue weighted by molar-refractivity contribution is 0.210. The van der Waals surface area contributed by atoms with Crippen molar-refractivity contribution in [2.75, 3.05) is 37.6 Å². The molecule has 0 aliphatic carbocycles. The van der Waals surface area contributed by atoms with E-state index in [1.165, 1.54) is 6.26 Å². The van der Waals surface area contributed by atoms with E-state index >= 15 is 0 Å². The first-order valence-corrected chi connectivity index (χ1v) is 7.00. The van der Waals surface area contributed by atoms with Crippen molar-refractivity contribution in [1.82, 2.24) is 9.55 Å². The van der Waals surface area contributed by atoms with Gasteiger partial charge in [0, 0.05) is 38.8 Å². The van der Waals surface area contributed by atoms with Crippen LogP contribution in [-0.4, -0.2) is 50.2 Å². The second-order valence-corrected chi connectivity index (χ2v) is 5.75. The van der Waals surface area contributed by atoms with Gasteiger partial charge in [-0.2, -0.15) is 0 Å². The van der Waals surface area contributed by atoms with Crippen molar-refractivity contribution in [2.45, 2.75) is 6.54 Å². The number of rotatable bonds is 7. The van der Waals surface area contributed by atoms with Gasteiger partial charge >= 0.3 is 0 Å². The Morgan fingerprint density at radius 3 is 2.94 bits per heavy atom. The van der Waals surface area contributed by atoms with E-state index in [4.69, 9.17) is 4.74 Å². The molecule has 0 saturated heterocycles. The first-order valence-electron chi connectivity index (χ1n) is 4.94. The van der Waals surface area contributed by atoms with Gasteiger partial charge in [0.2, 0.25) is 5.95 Å². The predicted molar refractivity (Wildman–Crippen MR) is 62.3 cm³/mol. The number of methoxy groups -OCH3 is 1. The second kappa shape index (κ2) is 5.86. The summed E-state index contributed by atoms with van der Waals surface area (Å²) in [6, 6.07) is 0. The summed E-state index contributed by atoms with van der Waals surface area (Å²) < 4.78 is 28.7. The second-order valence-electron chi connectivity index (χ2n) is 3.49. The summed E-state index contributed by atoms with van der Waals surface area (Å²) in [5, 5.41) is 3.06. The van der Waals surface area contributed by atoms with Gasteiger partial charge in [0.05, 0.1) is 12.4 Å². The highest BCUT2D eigenvalue weighted by atomic mass is 32.2. The predicted octanol–water partition coefficient (Wildman–Crippen LogP) is -0.0140. The van der Waals surface area contributed by atoms with Crippen LogP contribution < -0.4 is 5.32 Å². The minimum atomic E-state index is -2.94. The molecule has 1 N–H and O–H groups in total. The van der Waals surface area contributed by atoms with Crippen LogP contribution in [-0.2, 0) is 21.1 Å². The molecule has 1 aromatic rings. The van der Waals surface area contributed by atoms with Gasteiger partial charge in [0.25, 0.3) is 0 Å². The third kappa shape index (κ3) is 4.63. The van der Waals surface area contributed by atoms with Gasteiger partial charge < -0.3 is 14.6 Å². The average molecular weight is 247 g/mol. The Morgan fingerprint density at radius 2 is 2.31 bits per heavy atom. The number of hydrogen-bond donors (Lipinski definition) is 1. The highest BCUT2D eigenvalue weighted by Gasteiger charge is 2.06. The summed E-state index contributed by atoms with van der Waals surface area (Å²) in [5.74, 6) is 0.781. The SMILES string of the molecule is COCCNc1nccn1CCS(C)(=O)=O. The van der Waals surface area contributed by atoms with E-state index in [0.717, 1.165) is 0 Å². The van der Waals surface area contributed by atoms with Crippen LogP contribution in [0.1, 0.15) is 0 Å². The van der Waals surface area contributed by atoms with Crippen LogP contribution in [0.4, 0.5) is 5.95 Å². The summed E-state index contributed by atoms with van der Waals surface area (Å²) in [5.41, 5.74) is 0. The van der Waals surface area contributed by atoms with Crippen molar-refractivity contribution >= 4 is 15.8 Å². The normalized spacial score (nSPS) is 11.6. The molecule has 0 radical (unpaired) electrons. The maximum atomic E-state index is 11.0. The van der Waals surface area contributed by atoms with Gasteiger partial charge in [0.1, 0.15) is 9.84 Å². The summed E-state index contributed by atoms with van der Waals surface area (Å²) in [6.45, 7) is 1.64. The van der Waals surface area contributed by atoms with E-state index in [9.17, 15) is 8.42 Å².